The van der Waals surface area contributed by atoms with Gasteiger partial charge in [-0.3, -0.25) is 14.4 Å². The van der Waals surface area contributed by atoms with E-state index in [1.54, 1.807) is 65.8 Å². The number of Topliss-reactive ketones (excluding diaryl/α,β-unsaturated/α-hetero) is 1. The molecular weight excluding hydrogens is 785 g/mol. The quantitative estimate of drug-likeness (QED) is 0.0921. The fourth-order valence-corrected chi connectivity index (χ4v) is 8.37. The number of nitrogens with one attached hydrogen (secondary N) is 2. The van der Waals surface area contributed by atoms with Gasteiger partial charge in [0.1, 0.15) is 28.8 Å². The van der Waals surface area contributed by atoms with Gasteiger partial charge < -0.3 is 54.6 Å². The molecule has 3 aromatic rings. The minimum absolute atomic E-state index is 0.0292. The molecule has 5 rings (SSSR count). The van der Waals surface area contributed by atoms with Gasteiger partial charge in [0.25, 0.3) is 11.7 Å². The number of imidazole rings is 1. The summed E-state index contributed by atoms with van der Waals surface area (Å²) in [7, 11) is 1.47. The van der Waals surface area contributed by atoms with E-state index >= 15 is 0 Å². The zero-order chi connectivity index (χ0) is 45.1. The van der Waals surface area contributed by atoms with Crippen LogP contribution in [0.5, 0.6) is 17.2 Å². The molecule has 0 saturated carbocycles. The Kier molecular flexibility index (Phi) is 14.8. The molecule has 9 atom stereocenters. The van der Waals surface area contributed by atoms with Crippen molar-refractivity contribution in [1.82, 2.24) is 9.97 Å². The summed E-state index contributed by atoms with van der Waals surface area (Å²) in [6.07, 6.45) is 7.56. The van der Waals surface area contributed by atoms with Crippen LogP contribution in [0, 0.1) is 30.6 Å². The third-order valence-corrected chi connectivity index (χ3v) is 12.3. The largest absolute Gasteiger partial charge is 0.507 e. The number of methoxy groups -OCH3 is 1. The van der Waals surface area contributed by atoms with Gasteiger partial charge in [0.05, 0.1) is 41.0 Å². The maximum atomic E-state index is 14.7. The summed E-state index contributed by atoms with van der Waals surface area (Å²) in [5, 5.41) is 49.7. The van der Waals surface area contributed by atoms with Crippen molar-refractivity contribution in [3.63, 3.8) is 0 Å². The molecule has 2 aliphatic heterocycles. The highest BCUT2D eigenvalue weighted by Gasteiger charge is 2.50. The number of unbranched alkanes of at least 4 members (excludes halogenated alkanes) is 2. The second-order valence-electron chi connectivity index (χ2n) is 16.8. The summed E-state index contributed by atoms with van der Waals surface area (Å²) in [6.45, 7) is 18.4. The van der Waals surface area contributed by atoms with Crippen molar-refractivity contribution in [1.29, 1.82) is 0 Å². The number of benzene rings is 2. The number of aliphatic hydroxyl groups is 2. The number of carbonyl (C=O) groups is 3. The Morgan fingerprint density at radius 1 is 0.951 bits per heavy atom. The molecule has 3 heterocycles. The number of hydrogen-bond acceptors (Lipinski definition) is 13. The molecule has 15 heteroatoms. The number of ether oxygens (including phenoxy) is 4. The molecule has 0 spiro atoms. The van der Waals surface area contributed by atoms with Gasteiger partial charge in [-0.25, -0.2) is 4.98 Å². The van der Waals surface area contributed by atoms with Crippen LogP contribution in [0.4, 0.5) is 11.6 Å². The number of rotatable bonds is 9. The van der Waals surface area contributed by atoms with Gasteiger partial charge in [0.15, 0.2) is 5.75 Å². The second-order valence-corrected chi connectivity index (χ2v) is 16.8. The molecule has 2 aromatic carbocycles. The van der Waals surface area contributed by atoms with E-state index in [1.165, 1.54) is 27.2 Å². The standard InChI is InChI=1S/C46H64N4O11/c1-12-14-20-50(21-15-13-2)45-48-34-31-32-39(54)28(8)42-33(31)43(56)46(10,61-42)59-22-19-30(58-11)25(5)41(60-29(9)51)27(7)38(53)26(6)37(52)23(3)17-16-18-24(4)44(57)47-36(40(32)55)35(34)49-45/h16-19,22-23,25-27,30,37-38,41,52-55H,12-15,20-21H2,1-11H3,(H,47,57)(H,48,49)/b17-16+,22-19+,24-18-/t23-,25-,26-,27-,30+,37+,38+,41+,46+/m1/s1. The van der Waals surface area contributed by atoms with Crippen LogP contribution in [0.2, 0.25) is 0 Å². The molecule has 334 valence electrons. The van der Waals surface area contributed by atoms with Crippen molar-refractivity contribution in [3.05, 3.63) is 47.3 Å². The molecule has 0 radical (unpaired) electrons. The van der Waals surface area contributed by atoms with E-state index in [-0.39, 0.29) is 55.7 Å². The number of H-pyrrole nitrogens is 1. The van der Waals surface area contributed by atoms with Crippen LogP contribution < -0.4 is 15.0 Å². The molecule has 4 bridgehead atoms. The van der Waals surface area contributed by atoms with E-state index in [0.717, 1.165) is 25.7 Å². The van der Waals surface area contributed by atoms with Gasteiger partial charge in [-0.2, -0.15) is 0 Å². The number of amides is 1. The Morgan fingerprint density at radius 3 is 2.21 bits per heavy atom. The smallest absolute Gasteiger partial charge is 0.312 e. The Hall–Kier alpha value is -5.12. The number of nitrogens with zero attached hydrogens (tertiary/aromatic N) is 2. The van der Waals surface area contributed by atoms with E-state index in [4.69, 9.17) is 23.9 Å². The Bertz CT molecular complexity index is 2200. The van der Waals surface area contributed by atoms with Gasteiger partial charge in [-0.15, -0.1) is 0 Å². The molecular formula is C46H64N4O11. The predicted octanol–water partition coefficient (Wildman–Crippen LogP) is 7.33. The van der Waals surface area contributed by atoms with Crippen LogP contribution in [0.25, 0.3) is 21.8 Å². The van der Waals surface area contributed by atoms with Gasteiger partial charge >= 0.3 is 11.8 Å². The predicted molar refractivity (Wildman–Crippen MR) is 234 cm³/mol. The SMILES string of the molecule is CCCCN(CCCC)c1nc2c([nH]1)c1c(O)c3c(O)c(C)c4c(c32)C(=O)[C@@](C)(O/C=C/[C@H](OC)[C@@H](C)[C@H](OC(C)=O)[C@H](C)[C@@H](O)[C@H](C)[C@@H](O)[C@H](C)/C=C/C=C(/C)C(=O)N1)O4. The molecule has 15 nitrogen and oxygen atoms in total. The zero-order valence-electron chi connectivity index (χ0n) is 37.3. The molecule has 0 saturated heterocycles. The topological polar surface area (TPSA) is 213 Å². The van der Waals surface area contributed by atoms with Crippen LogP contribution in [0.3, 0.4) is 0 Å². The van der Waals surface area contributed by atoms with Crippen LogP contribution >= 0.6 is 0 Å². The Morgan fingerprint density at radius 2 is 1.61 bits per heavy atom. The normalized spacial score (nSPS) is 29.5. The molecule has 2 aliphatic rings. The first-order valence-corrected chi connectivity index (χ1v) is 21.3. The van der Waals surface area contributed by atoms with Crippen molar-refractivity contribution in [2.75, 3.05) is 30.4 Å². The maximum Gasteiger partial charge on any atom is 0.312 e. The van der Waals surface area contributed by atoms with Crippen molar-refractivity contribution in [2.24, 2.45) is 23.7 Å². The minimum Gasteiger partial charge on any atom is -0.507 e. The van der Waals surface area contributed by atoms with Crippen molar-refractivity contribution >= 4 is 51.1 Å². The molecule has 1 amide bonds. The number of anilines is 2. The number of hydrogen-bond donors (Lipinski definition) is 6. The summed E-state index contributed by atoms with van der Waals surface area (Å²) in [5.41, 5.74) is 0.835. The van der Waals surface area contributed by atoms with Crippen LogP contribution in [-0.2, 0) is 23.8 Å². The summed E-state index contributed by atoms with van der Waals surface area (Å²) in [4.78, 5) is 51.4. The van der Waals surface area contributed by atoms with Gasteiger partial charge in [0, 0.05) is 74.2 Å². The number of aromatic nitrogens is 2. The van der Waals surface area contributed by atoms with Crippen LogP contribution in [0.15, 0.2) is 36.1 Å². The lowest BCUT2D eigenvalue weighted by Crippen LogP contribution is -2.46. The second kappa shape index (κ2) is 19.3. The third-order valence-electron chi connectivity index (χ3n) is 12.3. The highest BCUT2D eigenvalue weighted by atomic mass is 16.7. The van der Waals surface area contributed by atoms with Crippen LogP contribution in [-0.4, -0.2) is 98.5 Å². The number of allylic oxidation sites excluding steroid dienone is 2. The number of aromatic amines is 1. The molecule has 1 aromatic heterocycles. The number of esters is 1. The Balaban J connectivity index is 1.76. The monoisotopic (exact) mass is 848 g/mol. The van der Waals surface area contributed by atoms with E-state index in [2.05, 4.69) is 29.0 Å². The number of phenols is 2. The average Bonchev–Trinajstić information content (AvgIpc) is 3.78. The number of carbonyl (C=O) groups excluding carboxylic acids is 3. The summed E-state index contributed by atoms with van der Waals surface area (Å²) in [5.74, 6) is -6.46. The number of aliphatic hydroxyl groups excluding tert-OH is 2. The van der Waals surface area contributed by atoms with E-state index in [0.29, 0.717) is 19.0 Å². The van der Waals surface area contributed by atoms with Crippen molar-refractivity contribution in [3.8, 4) is 17.2 Å². The van der Waals surface area contributed by atoms with Gasteiger partial charge in [0.2, 0.25) is 5.95 Å². The number of fused-ring (bicyclic) bond motifs is 1. The summed E-state index contributed by atoms with van der Waals surface area (Å²) >= 11 is 0. The third kappa shape index (κ3) is 9.24. The summed E-state index contributed by atoms with van der Waals surface area (Å²) < 4.78 is 24.0. The first-order valence-electron chi connectivity index (χ1n) is 21.3. The summed E-state index contributed by atoms with van der Waals surface area (Å²) in [6, 6.07) is 0. The first kappa shape index (κ1) is 46.9. The van der Waals surface area contributed by atoms with E-state index in [9.17, 15) is 34.8 Å². The number of aromatic hydroxyl groups is 2. The van der Waals surface area contributed by atoms with E-state index < -0.39 is 77.3 Å². The average molecular weight is 849 g/mol. The molecule has 0 aliphatic carbocycles. The van der Waals surface area contributed by atoms with Crippen molar-refractivity contribution < 1.29 is 53.8 Å². The lowest BCUT2D eigenvalue weighted by molar-refractivity contribution is -0.160. The number of ketones is 1. The van der Waals surface area contributed by atoms with Crippen molar-refractivity contribution in [2.45, 2.75) is 125 Å². The Labute approximate surface area is 357 Å². The number of phenolic OH excluding ortho intramolecular Hbond substituents is 2. The highest BCUT2D eigenvalue weighted by Crippen LogP contribution is 2.54. The maximum absolute atomic E-state index is 14.7. The van der Waals surface area contributed by atoms with E-state index in [1.807, 2.05) is 0 Å². The highest BCUT2D eigenvalue weighted by molar-refractivity contribution is 6.28. The zero-order valence-corrected chi connectivity index (χ0v) is 37.3. The first-order chi connectivity index (χ1) is 28.8. The molecule has 0 fully saturated rings. The van der Waals surface area contributed by atoms with Gasteiger partial charge in [-0.1, -0.05) is 72.6 Å². The molecule has 6 N–H and O–H groups in total. The fourth-order valence-electron chi connectivity index (χ4n) is 8.37. The van der Waals surface area contributed by atoms with Crippen LogP contribution in [0.1, 0.15) is 104 Å². The lowest BCUT2D eigenvalue weighted by Gasteiger charge is -2.38. The van der Waals surface area contributed by atoms with Gasteiger partial charge in [-0.05, 0) is 32.8 Å². The molecule has 61 heavy (non-hydrogen) atoms. The lowest BCUT2D eigenvalue weighted by atomic mass is 9.78. The minimum atomic E-state index is -1.96. The fraction of sp³-hybridized carbons (Fsp3) is 0.565. The molecule has 0 unspecified atom stereocenters.